The van der Waals surface area contributed by atoms with E-state index >= 15 is 0 Å². The van der Waals surface area contributed by atoms with Crippen molar-refractivity contribution in [3.05, 3.63) is 71.9 Å². The van der Waals surface area contributed by atoms with Gasteiger partial charge >= 0.3 is 6.18 Å². The topological polar surface area (TPSA) is 50.7 Å². The van der Waals surface area contributed by atoms with E-state index in [9.17, 15) is 17.4 Å². The van der Waals surface area contributed by atoms with E-state index in [0.717, 1.165) is 6.08 Å². The van der Waals surface area contributed by atoms with Crippen LogP contribution in [0.15, 0.2) is 71.4 Å². The Morgan fingerprint density at radius 1 is 1.08 bits per heavy atom. The molecule has 4 nitrogen and oxygen atoms in total. The third-order valence-electron chi connectivity index (χ3n) is 3.54. The van der Waals surface area contributed by atoms with Gasteiger partial charge in [-0.1, -0.05) is 30.3 Å². The fourth-order valence-electron chi connectivity index (χ4n) is 2.33. The van der Waals surface area contributed by atoms with Crippen LogP contribution in [0.3, 0.4) is 0 Å². The Balaban J connectivity index is 1.94. The monoisotopic (exact) mass is 380 g/mol. The summed E-state index contributed by atoms with van der Waals surface area (Å²) in [6.45, 7) is 0. The smallest absolute Gasteiger partial charge is 0.431 e. The average molecular weight is 380 g/mol. The molecule has 0 bridgehead atoms. The minimum atomic E-state index is -4.59. The summed E-state index contributed by atoms with van der Waals surface area (Å²) in [5.74, 6) is 1.07. The van der Waals surface area contributed by atoms with E-state index in [1.54, 1.807) is 36.4 Å². The number of nitrogens with one attached hydrogen (secondary N) is 1. The number of halogens is 3. The lowest BCUT2D eigenvalue weighted by molar-refractivity contribution is -0.0970. The number of para-hydroxylation sites is 1. The van der Waals surface area contributed by atoms with Gasteiger partial charge in [0.25, 0.3) is 0 Å². The molecule has 0 saturated carbocycles. The minimum absolute atomic E-state index is 0.0924. The van der Waals surface area contributed by atoms with Crippen molar-refractivity contribution in [2.75, 3.05) is 6.26 Å². The second-order valence-electron chi connectivity index (χ2n) is 5.51. The predicted molar refractivity (Wildman–Crippen MR) is 94.6 cm³/mol. The van der Waals surface area contributed by atoms with E-state index in [2.05, 4.69) is 10.3 Å². The third-order valence-corrected chi connectivity index (χ3v) is 4.40. The fourth-order valence-corrected chi connectivity index (χ4v) is 2.88. The first-order chi connectivity index (χ1) is 12.3. The summed E-state index contributed by atoms with van der Waals surface area (Å²) in [6, 6.07) is 15.6. The van der Waals surface area contributed by atoms with Gasteiger partial charge in [0.15, 0.2) is 5.50 Å². The Hall–Kier alpha value is -2.61. The Morgan fingerprint density at radius 2 is 1.77 bits per heavy atom. The van der Waals surface area contributed by atoms with Crippen LogP contribution in [0.25, 0.3) is 0 Å². The highest BCUT2D eigenvalue weighted by atomic mass is 32.2. The number of alkyl halides is 3. The van der Waals surface area contributed by atoms with E-state index in [4.69, 9.17) is 4.74 Å². The molecule has 0 aromatic heterocycles. The molecular weight excluding hydrogens is 365 g/mol. The highest BCUT2D eigenvalue weighted by Gasteiger charge is 2.38. The van der Waals surface area contributed by atoms with E-state index in [1.165, 1.54) is 6.26 Å². The summed E-state index contributed by atoms with van der Waals surface area (Å²) in [5, 5.41) is 2.16. The first kappa shape index (κ1) is 18.2. The molecule has 0 radical (unpaired) electrons. The van der Waals surface area contributed by atoms with E-state index in [1.807, 2.05) is 18.2 Å². The first-order valence-corrected chi connectivity index (χ1v) is 9.24. The Labute approximate surface area is 150 Å². The van der Waals surface area contributed by atoms with Crippen LogP contribution in [0.2, 0.25) is 0 Å². The van der Waals surface area contributed by atoms with Crippen LogP contribution >= 0.6 is 0 Å². The van der Waals surface area contributed by atoms with Gasteiger partial charge in [0.2, 0.25) is 0 Å². The van der Waals surface area contributed by atoms with E-state index < -0.39 is 28.2 Å². The van der Waals surface area contributed by atoms with Crippen LogP contribution in [-0.4, -0.2) is 27.9 Å². The molecule has 1 aliphatic rings. The standard InChI is InChI=1S/C18H15F3N2O2S/c1-26(24)17-22-15(11-16(23-17)18(19,20)21)12-6-5-9-14(10-12)25-13-7-3-2-4-8-13/h2-11,17,23H,1H3. The molecule has 2 atom stereocenters. The highest BCUT2D eigenvalue weighted by molar-refractivity contribution is 7.84. The van der Waals surface area contributed by atoms with Crippen LogP contribution < -0.4 is 10.1 Å². The molecule has 0 saturated heterocycles. The Morgan fingerprint density at radius 3 is 2.42 bits per heavy atom. The zero-order valence-corrected chi connectivity index (χ0v) is 14.5. The number of allylic oxidation sites excluding steroid dienone is 2. The zero-order valence-electron chi connectivity index (χ0n) is 13.7. The van der Waals surface area contributed by atoms with Gasteiger partial charge in [-0.25, -0.2) is 4.99 Å². The molecule has 0 spiro atoms. The number of benzene rings is 2. The zero-order chi connectivity index (χ0) is 18.7. The molecule has 0 amide bonds. The van der Waals surface area contributed by atoms with Gasteiger partial charge in [0.1, 0.15) is 17.2 Å². The van der Waals surface area contributed by atoms with Crippen LogP contribution in [0.4, 0.5) is 13.2 Å². The molecule has 1 heterocycles. The molecule has 8 heteroatoms. The predicted octanol–water partition coefficient (Wildman–Crippen LogP) is 3.98. The van der Waals surface area contributed by atoms with Crippen LogP contribution in [0.1, 0.15) is 5.56 Å². The number of nitrogens with zero attached hydrogens (tertiary/aromatic N) is 1. The SMILES string of the molecule is CS(=O)C1N=C(c2cccc(Oc3ccccc3)c2)C=C(C(F)(F)F)N1. The first-order valence-electron chi connectivity index (χ1n) is 7.62. The van der Waals surface area contributed by atoms with Gasteiger partial charge in [0.05, 0.1) is 16.5 Å². The van der Waals surface area contributed by atoms with E-state index in [-0.39, 0.29) is 5.71 Å². The lowest BCUT2D eigenvalue weighted by atomic mass is 10.1. The van der Waals surface area contributed by atoms with Crippen molar-refractivity contribution in [1.29, 1.82) is 0 Å². The molecule has 0 fully saturated rings. The molecule has 1 aliphatic heterocycles. The van der Waals surface area contributed by atoms with Gasteiger partial charge in [-0.3, -0.25) is 4.21 Å². The number of rotatable bonds is 4. The molecule has 2 aromatic carbocycles. The van der Waals surface area contributed by atoms with Crippen LogP contribution in [0, 0.1) is 0 Å². The molecule has 26 heavy (non-hydrogen) atoms. The second-order valence-corrected chi connectivity index (χ2v) is 6.95. The maximum Gasteiger partial charge on any atom is 0.431 e. The largest absolute Gasteiger partial charge is 0.457 e. The normalized spacial score (nSPS) is 18.4. The molecule has 3 rings (SSSR count). The number of hydrogen-bond donors (Lipinski definition) is 1. The lowest BCUT2D eigenvalue weighted by Gasteiger charge is -2.24. The van der Waals surface area contributed by atoms with Crippen molar-refractivity contribution >= 4 is 16.5 Å². The van der Waals surface area contributed by atoms with Crippen molar-refractivity contribution in [3.8, 4) is 11.5 Å². The maximum absolute atomic E-state index is 13.1. The number of aliphatic imine (C=N–C) groups is 1. The third kappa shape index (κ3) is 4.32. The Kier molecular flexibility index (Phi) is 5.13. The summed E-state index contributed by atoms with van der Waals surface area (Å²) in [4.78, 5) is 4.14. The highest BCUT2D eigenvalue weighted by Crippen LogP contribution is 2.28. The van der Waals surface area contributed by atoms with Crippen molar-refractivity contribution in [3.63, 3.8) is 0 Å². The van der Waals surface area contributed by atoms with Gasteiger partial charge in [-0.2, -0.15) is 13.2 Å². The van der Waals surface area contributed by atoms with Gasteiger partial charge in [-0.15, -0.1) is 0 Å². The Bertz CT molecular complexity index is 880. The van der Waals surface area contributed by atoms with Gasteiger partial charge < -0.3 is 10.1 Å². The van der Waals surface area contributed by atoms with Gasteiger partial charge in [-0.05, 0) is 30.3 Å². The molecular formula is C18H15F3N2O2S. The molecule has 2 aromatic rings. The van der Waals surface area contributed by atoms with Crippen LogP contribution in [-0.2, 0) is 10.8 Å². The summed E-state index contributed by atoms with van der Waals surface area (Å²) in [6.07, 6.45) is -2.38. The molecule has 0 aliphatic carbocycles. The second kappa shape index (κ2) is 7.33. The summed E-state index contributed by atoms with van der Waals surface area (Å²) in [7, 11) is -1.61. The summed E-state index contributed by atoms with van der Waals surface area (Å²) < 4.78 is 56.8. The van der Waals surface area contributed by atoms with Crippen LogP contribution in [0.5, 0.6) is 11.5 Å². The average Bonchev–Trinajstić information content (AvgIpc) is 2.61. The minimum Gasteiger partial charge on any atom is -0.457 e. The fraction of sp³-hybridized carbons (Fsp3) is 0.167. The van der Waals surface area contributed by atoms with Crippen molar-refractivity contribution in [2.24, 2.45) is 4.99 Å². The van der Waals surface area contributed by atoms with Crippen molar-refractivity contribution in [1.82, 2.24) is 5.32 Å². The molecule has 2 unspecified atom stereocenters. The van der Waals surface area contributed by atoms with E-state index in [0.29, 0.717) is 17.1 Å². The quantitative estimate of drug-likeness (QED) is 0.873. The number of ether oxygens (including phenoxy) is 1. The summed E-state index contributed by atoms with van der Waals surface area (Å²) in [5.41, 5.74) is -1.60. The number of hydrogen-bond acceptors (Lipinski definition) is 4. The lowest BCUT2D eigenvalue weighted by Crippen LogP contribution is -2.40. The summed E-state index contributed by atoms with van der Waals surface area (Å²) >= 11 is 0. The van der Waals surface area contributed by atoms with Gasteiger partial charge in [0, 0.05) is 11.8 Å². The van der Waals surface area contributed by atoms with Crippen molar-refractivity contribution < 1.29 is 22.1 Å². The van der Waals surface area contributed by atoms with Crippen molar-refractivity contribution in [2.45, 2.75) is 11.7 Å². The molecule has 1 N–H and O–H groups in total. The maximum atomic E-state index is 13.1. The molecule has 136 valence electrons.